The van der Waals surface area contributed by atoms with Gasteiger partial charge >= 0.3 is 0 Å². The number of allylic oxidation sites excluding steroid dienone is 1. The van der Waals surface area contributed by atoms with Gasteiger partial charge in [0.2, 0.25) is 0 Å². The molecule has 0 saturated carbocycles. The molecule has 1 amide bonds. The van der Waals surface area contributed by atoms with Gasteiger partial charge in [-0.3, -0.25) is 14.4 Å². The Labute approximate surface area is 167 Å². The van der Waals surface area contributed by atoms with Crippen LogP contribution in [0.3, 0.4) is 0 Å². The Kier molecular flexibility index (Phi) is 5.03. The minimum Gasteiger partial charge on any atom is -0.483 e. The van der Waals surface area contributed by atoms with Crippen molar-refractivity contribution in [1.29, 1.82) is 0 Å². The summed E-state index contributed by atoms with van der Waals surface area (Å²) in [4.78, 5) is 37.3. The van der Waals surface area contributed by atoms with Crippen molar-refractivity contribution in [2.45, 2.75) is 0 Å². The predicted octanol–water partition coefficient (Wildman–Crippen LogP) is 4.17. The van der Waals surface area contributed by atoms with E-state index in [1.54, 1.807) is 60.7 Å². The first-order valence-corrected chi connectivity index (χ1v) is 9.10. The molecule has 0 fully saturated rings. The zero-order chi connectivity index (χ0) is 20.2. The number of Topliss-reactive ketones (excluding diaryl/α,β-unsaturated/α-hetero) is 2. The maximum Gasteiger partial charge on any atom is 0.262 e. The minimum absolute atomic E-state index is 0.0935. The van der Waals surface area contributed by atoms with E-state index in [0.717, 1.165) is 0 Å². The maximum absolute atomic E-state index is 12.6. The van der Waals surface area contributed by atoms with Crippen molar-refractivity contribution < 1.29 is 19.1 Å². The summed E-state index contributed by atoms with van der Waals surface area (Å²) in [6.45, 7) is -0.197. The summed E-state index contributed by atoms with van der Waals surface area (Å²) >= 11 is 0. The second-order valence-electron chi connectivity index (χ2n) is 6.50. The van der Waals surface area contributed by atoms with Gasteiger partial charge in [-0.05, 0) is 24.3 Å². The summed E-state index contributed by atoms with van der Waals surface area (Å²) in [6, 6.07) is 22.8. The molecule has 0 aliphatic heterocycles. The fraction of sp³-hybridized carbons (Fsp3) is 0.0417. The molecule has 3 aromatic carbocycles. The standard InChI is InChI=1S/C24H17NO4/c26-22(25-17-9-2-1-3-10-17)15-29-21-13-7-4-8-16(21)14-20-23(27)18-11-5-6-12-19(18)24(20)28/h1-14H,15H2,(H,25,26). The molecule has 1 N–H and O–H groups in total. The summed E-state index contributed by atoms with van der Waals surface area (Å²) in [5.41, 5.74) is 2.14. The lowest BCUT2D eigenvalue weighted by atomic mass is 10.1. The van der Waals surface area contributed by atoms with Gasteiger partial charge in [0, 0.05) is 22.4 Å². The lowest BCUT2D eigenvalue weighted by molar-refractivity contribution is -0.118. The highest BCUT2D eigenvalue weighted by Gasteiger charge is 2.32. The average molecular weight is 383 g/mol. The minimum atomic E-state index is -0.306. The molecule has 5 heteroatoms. The van der Waals surface area contributed by atoms with E-state index < -0.39 is 0 Å². The van der Waals surface area contributed by atoms with Gasteiger partial charge < -0.3 is 10.1 Å². The number of amides is 1. The Bertz CT molecular complexity index is 1100. The molecule has 0 saturated heterocycles. The second-order valence-corrected chi connectivity index (χ2v) is 6.50. The Morgan fingerprint density at radius 1 is 0.793 bits per heavy atom. The van der Waals surface area contributed by atoms with E-state index in [0.29, 0.717) is 28.1 Å². The monoisotopic (exact) mass is 383 g/mol. The normalized spacial score (nSPS) is 12.5. The predicted molar refractivity (Wildman–Crippen MR) is 110 cm³/mol. The van der Waals surface area contributed by atoms with E-state index in [2.05, 4.69) is 5.32 Å². The fourth-order valence-corrected chi connectivity index (χ4v) is 3.15. The number of carbonyl (C=O) groups excluding carboxylic acids is 3. The molecule has 0 atom stereocenters. The topological polar surface area (TPSA) is 72.5 Å². The van der Waals surface area contributed by atoms with Crippen LogP contribution in [0.1, 0.15) is 26.3 Å². The quantitative estimate of drug-likeness (QED) is 0.530. The van der Waals surface area contributed by atoms with Gasteiger partial charge in [-0.15, -0.1) is 0 Å². The smallest absolute Gasteiger partial charge is 0.262 e. The maximum atomic E-state index is 12.6. The van der Waals surface area contributed by atoms with E-state index >= 15 is 0 Å². The van der Waals surface area contributed by atoms with Crippen LogP contribution in [0, 0.1) is 0 Å². The first kappa shape index (κ1) is 18.4. The van der Waals surface area contributed by atoms with Gasteiger partial charge in [-0.2, -0.15) is 0 Å². The molecule has 0 unspecified atom stereocenters. The van der Waals surface area contributed by atoms with Gasteiger partial charge in [0.25, 0.3) is 5.91 Å². The van der Waals surface area contributed by atoms with Crippen molar-refractivity contribution in [3.8, 4) is 5.75 Å². The molecular weight excluding hydrogens is 366 g/mol. The van der Waals surface area contributed by atoms with Crippen molar-refractivity contribution in [1.82, 2.24) is 0 Å². The third kappa shape index (κ3) is 3.84. The highest BCUT2D eigenvalue weighted by atomic mass is 16.5. The molecule has 3 aromatic rings. The van der Waals surface area contributed by atoms with Gasteiger partial charge in [0.15, 0.2) is 18.2 Å². The molecule has 0 spiro atoms. The molecule has 0 heterocycles. The second kappa shape index (κ2) is 7.94. The number of hydrogen-bond donors (Lipinski definition) is 1. The first-order chi connectivity index (χ1) is 14.1. The Balaban J connectivity index is 1.52. The first-order valence-electron chi connectivity index (χ1n) is 9.10. The van der Waals surface area contributed by atoms with Crippen molar-refractivity contribution >= 4 is 29.2 Å². The van der Waals surface area contributed by atoms with Crippen molar-refractivity contribution in [3.05, 3.63) is 101 Å². The van der Waals surface area contributed by atoms with Gasteiger partial charge in [0.05, 0.1) is 5.57 Å². The number of para-hydroxylation sites is 2. The number of rotatable bonds is 5. The Morgan fingerprint density at radius 3 is 2.07 bits per heavy atom. The highest BCUT2D eigenvalue weighted by molar-refractivity contribution is 6.41. The van der Waals surface area contributed by atoms with E-state index in [9.17, 15) is 14.4 Å². The van der Waals surface area contributed by atoms with Crippen LogP contribution in [0.25, 0.3) is 6.08 Å². The third-order valence-electron chi connectivity index (χ3n) is 4.54. The average Bonchev–Trinajstić information content (AvgIpc) is 2.99. The zero-order valence-corrected chi connectivity index (χ0v) is 15.4. The largest absolute Gasteiger partial charge is 0.483 e. The lowest BCUT2D eigenvalue weighted by Crippen LogP contribution is -2.20. The van der Waals surface area contributed by atoms with Crippen molar-refractivity contribution in [3.63, 3.8) is 0 Å². The fourth-order valence-electron chi connectivity index (χ4n) is 3.15. The van der Waals surface area contributed by atoms with Crippen LogP contribution in [-0.4, -0.2) is 24.1 Å². The van der Waals surface area contributed by atoms with E-state index in [1.807, 2.05) is 18.2 Å². The van der Waals surface area contributed by atoms with Crippen LogP contribution in [0.5, 0.6) is 5.75 Å². The summed E-state index contributed by atoms with van der Waals surface area (Å²) in [5.74, 6) is -0.497. The number of fused-ring (bicyclic) bond motifs is 1. The van der Waals surface area contributed by atoms with Crippen molar-refractivity contribution in [2.24, 2.45) is 0 Å². The number of ketones is 2. The number of nitrogens with one attached hydrogen (secondary N) is 1. The van der Waals surface area contributed by atoms with Crippen LogP contribution in [-0.2, 0) is 4.79 Å². The summed E-state index contributed by atoms with van der Waals surface area (Å²) < 4.78 is 5.65. The number of carbonyl (C=O) groups is 3. The van der Waals surface area contributed by atoms with E-state index in [4.69, 9.17) is 4.74 Å². The Morgan fingerprint density at radius 2 is 1.38 bits per heavy atom. The van der Waals surface area contributed by atoms with E-state index in [1.165, 1.54) is 6.08 Å². The lowest BCUT2D eigenvalue weighted by Gasteiger charge is -2.10. The van der Waals surface area contributed by atoms with Crippen LogP contribution in [0.4, 0.5) is 5.69 Å². The van der Waals surface area contributed by atoms with Gasteiger partial charge in [0.1, 0.15) is 5.75 Å². The Hall–Kier alpha value is -3.99. The molecule has 0 radical (unpaired) electrons. The third-order valence-corrected chi connectivity index (χ3v) is 4.54. The molecule has 4 rings (SSSR count). The summed E-state index contributed by atoms with van der Waals surface area (Å²) in [6.07, 6.45) is 1.52. The van der Waals surface area contributed by atoms with E-state index in [-0.39, 0.29) is 29.7 Å². The highest BCUT2D eigenvalue weighted by Crippen LogP contribution is 2.30. The van der Waals surface area contributed by atoms with Crippen molar-refractivity contribution in [2.75, 3.05) is 11.9 Å². The molecule has 1 aliphatic carbocycles. The summed E-state index contributed by atoms with van der Waals surface area (Å²) in [7, 11) is 0. The van der Waals surface area contributed by atoms with Crippen LogP contribution in [0.15, 0.2) is 84.4 Å². The number of benzene rings is 3. The number of hydrogen-bond acceptors (Lipinski definition) is 4. The molecule has 29 heavy (non-hydrogen) atoms. The van der Waals surface area contributed by atoms with Crippen LogP contribution in [0.2, 0.25) is 0 Å². The zero-order valence-electron chi connectivity index (χ0n) is 15.4. The SMILES string of the molecule is O=C(COc1ccccc1C=C1C(=O)c2ccccc2C1=O)Nc1ccccc1. The number of ether oxygens (including phenoxy) is 1. The molecular formula is C24H17NO4. The van der Waals surface area contributed by atoms with Gasteiger partial charge in [-0.25, -0.2) is 0 Å². The summed E-state index contributed by atoms with van der Waals surface area (Å²) in [5, 5.41) is 2.74. The molecule has 0 bridgehead atoms. The molecule has 0 aromatic heterocycles. The van der Waals surface area contributed by atoms with Gasteiger partial charge in [-0.1, -0.05) is 60.7 Å². The molecule has 142 valence electrons. The number of anilines is 1. The van der Waals surface area contributed by atoms with Crippen LogP contribution >= 0.6 is 0 Å². The molecule has 1 aliphatic rings. The van der Waals surface area contributed by atoms with Crippen LogP contribution < -0.4 is 10.1 Å². The molecule has 5 nitrogen and oxygen atoms in total.